The van der Waals surface area contributed by atoms with Crippen LogP contribution in [0, 0.1) is 0 Å². The molecule has 14 heavy (non-hydrogen) atoms. The number of aromatic nitrogens is 2. The van der Waals surface area contributed by atoms with E-state index in [0.29, 0.717) is 21.9 Å². The van der Waals surface area contributed by atoms with E-state index in [4.69, 9.17) is 11.6 Å². The van der Waals surface area contributed by atoms with Crippen molar-refractivity contribution in [1.29, 1.82) is 0 Å². The van der Waals surface area contributed by atoms with Gasteiger partial charge in [0.05, 0.1) is 4.88 Å². The molecule has 0 saturated heterocycles. The molecule has 0 fully saturated rings. The Labute approximate surface area is 89.5 Å². The second kappa shape index (κ2) is 3.86. The number of rotatable bonds is 2. The van der Waals surface area contributed by atoms with Crippen LogP contribution in [0.1, 0.15) is 10.5 Å². The Hall–Kier alpha value is -1.26. The molecular formula is C9H5ClN2OS. The van der Waals surface area contributed by atoms with E-state index in [-0.39, 0.29) is 0 Å². The lowest BCUT2D eigenvalue weighted by molar-refractivity contribution is 0.111. The Kier molecular flexibility index (Phi) is 2.56. The Morgan fingerprint density at radius 2 is 2.14 bits per heavy atom. The highest BCUT2D eigenvalue weighted by Crippen LogP contribution is 2.31. The maximum Gasteiger partial charge on any atom is 0.171 e. The summed E-state index contributed by atoms with van der Waals surface area (Å²) in [6.45, 7) is 0. The van der Waals surface area contributed by atoms with Crippen molar-refractivity contribution >= 4 is 29.4 Å². The molecule has 70 valence electrons. The SMILES string of the molecule is O=Cc1nnsc1-c1ccccc1Cl. The van der Waals surface area contributed by atoms with Crippen LogP contribution in [0.2, 0.25) is 5.02 Å². The second-order valence-corrected chi connectivity index (χ2v) is 3.75. The van der Waals surface area contributed by atoms with Crippen molar-refractivity contribution in [3.05, 3.63) is 35.0 Å². The molecule has 0 aliphatic carbocycles. The smallest absolute Gasteiger partial charge is 0.171 e. The third kappa shape index (κ3) is 1.54. The van der Waals surface area contributed by atoms with E-state index in [9.17, 15) is 4.79 Å². The van der Waals surface area contributed by atoms with Crippen LogP contribution in [0.4, 0.5) is 0 Å². The van der Waals surface area contributed by atoms with E-state index in [0.717, 1.165) is 17.1 Å². The maximum absolute atomic E-state index is 10.6. The summed E-state index contributed by atoms with van der Waals surface area (Å²) in [7, 11) is 0. The molecule has 0 bridgehead atoms. The Bertz CT molecular complexity index is 469. The average Bonchev–Trinajstić information content (AvgIpc) is 2.66. The minimum atomic E-state index is 0.336. The van der Waals surface area contributed by atoms with E-state index >= 15 is 0 Å². The van der Waals surface area contributed by atoms with Crippen LogP contribution in [-0.4, -0.2) is 15.9 Å². The summed E-state index contributed by atoms with van der Waals surface area (Å²) in [5.74, 6) is 0. The van der Waals surface area contributed by atoms with Gasteiger partial charge in [0, 0.05) is 10.6 Å². The van der Waals surface area contributed by atoms with E-state index in [1.54, 1.807) is 6.07 Å². The summed E-state index contributed by atoms with van der Waals surface area (Å²) in [5, 5.41) is 4.29. The first-order valence-corrected chi connectivity index (χ1v) is 5.00. The Morgan fingerprint density at radius 1 is 1.36 bits per heavy atom. The van der Waals surface area contributed by atoms with Gasteiger partial charge in [-0.05, 0) is 17.6 Å². The molecule has 1 heterocycles. The van der Waals surface area contributed by atoms with Crippen molar-refractivity contribution in [1.82, 2.24) is 9.59 Å². The Balaban J connectivity index is 2.60. The molecule has 0 aliphatic heterocycles. The van der Waals surface area contributed by atoms with Crippen LogP contribution in [0.3, 0.4) is 0 Å². The van der Waals surface area contributed by atoms with E-state index in [1.165, 1.54) is 0 Å². The lowest BCUT2D eigenvalue weighted by Gasteiger charge is -1.98. The zero-order valence-corrected chi connectivity index (χ0v) is 8.55. The fourth-order valence-electron chi connectivity index (χ4n) is 1.11. The fourth-order valence-corrected chi connectivity index (χ4v) is 2.06. The number of nitrogens with zero attached hydrogens (tertiary/aromatic N) is 2. The summed E-state index contributed by atoms with van der Waals surface area (Å²) in [6, 6.07) is 7.30. The quantitative estimate of drug-likeness (QED) is 0.737. The van der Waals surface area contributed by atoms with E-state index in [1.807, 2.05) is 18.2 Å². The highest BCUT2D eigenvalue weighted by molar-refractivity contribution is 7.09. The molecule has 2 rings (SSSR count). The average molecular weight is 225 g/mol. The van der Waals surface area contributed by atoms with Crippen molar-refractivity contribution in [3.8, 4) is 10.4 Å². The molecule has 1 aromatic heterocycles. The van der Waals surface area contributed by atoms with Crippen LogP contribution in [0.15, 0.2) is 24.3 Å². The van der Waals surface area contributed by atoms with Gasteiger partial charge in [0.2, 0.25) is 0 Å². The van der Waals surface area contributed by atoms with Crippen molar-refractivity contribution in [2.75, 3.05) is 0 Å². The van der Waals surface area contributed by atoms with Crippen molar-refractivity contribution in [2.45, 2.75) is 0 Å². The van der Waals surface area contributed by atoms with Gasteiger partial charge >= 0.3 is 0 Å². The molecule has 0 amide bonds. The van der Waals surface area contributed by atoms with Gasteiger partial charge < -0.3 is 0 Å². The third-order valence-electron chi connectivity index (χ3n) is 1.74. The third-order valence-corrected chi connectivity index (χ3v) is 2.85. The summed E-state index contributed by atoms with van der Waals surface area (Å²) in [4.78, 5) is 11.3. The molecule has 0 radical (unpaired) electrons. The Morgan fingerprint density at radius 3 is 2.86 bits per heavy atom. The monoisotopic (exact) mass is 224 g/mol. The van der Waals surface area contributed by atoms with Gasteiger partial charge in [-0.3, -0.25) is 4.79 Å². The van der Waals surface area contributed by atoms with Gasteiger partial charge in [-0.1, -0.05) is 34.3 Å². The predicted molar refractivity (Wildman–Crippen MR) is 55.7 cm³/mol. The lowest BCUT2D eigenvalue weighted by atomic mass is 10.1. The van der Waals surface area contributed by atoms with Crippen molar-refractivity contribution < 1.29 is 4.79 Å². The van der Waals surface area contributed by atoms with Gasteiger partial charge in [-0.2, -0.15) is 0 Å². The van der Waals surface area contributed by atoms with Gasteiger partial charge in [0.25, 0.3) is 0 Å². The number of hydrogen-bond acceptors (Lipinski definition) is 4. The lowest BCUT2D eigenvalue weighted by Crippen LogP contribution is -1.84. The highest BCUT2D eigenvalue weighted by Gasteiger charge is 2.11. The minimum absolute atomic E-state index is 0.336. The molecule has 0 unspecified atom stereocenters. The number of halogens is 1. The van der Waals surface area contributed by atoms with Crippen LogP contribution in [0.5, 0.6) is 0 Å². The topological polar surface area (TPSA) is 42.9 Å². The molecule has 0 atom stereocenters. The number of aldehydes is 1. The fraction of sp³-hybridized carbons (Fsp3) is 0. The normalized spacial score (nSPS) is 10.1. The van der Waals surface area contributed by atoms with Gasteiger partial charge in [-0.15, -0.1) is 5.10 Å². The predicted octanol–water partition coefficient (Wildman–Crippen LogP) is 2.67. The molecule has 5 heteroatoms. The highest BCUT2D eigenvalue weighted by atomic mass is 35.5. The molecule has 0 aliphatic rings. The molecule has 2 aromatic rings. The second-order valence-electron chi connectivity index (χ2n) is 2.58. The molecular weight excluding hydrogens is 220 g/mol. The molecule has 0 spiro atoms. The zero-order valence-electron chi connectivity index (χ0n) is 6.98. The van der Waals surface area contributed by atoms with E-state index < -0.39 is 0 Å². The first-order chi connectivity index (χ1) is 6.83. The summed E-state index contributed by atoms with van der Waals surface area (Å²) in [5.41, 5.74) is 1.13. The van der Waals surface area contributed by atoms with E-state index in [2.05, 4.69) is 9.59 Å². The van der Waals surface area contributed by atoms with Crippen LogP contribution in [0.25, 0.3) is 10.4 Å². The summed E-state index contributed by atoms with van der Waals surface area (Å²) >= 11 is 7.14. The number of hydrogen-bond donors (Lipinski definition) is 0. The summed E-state index contributed by atoms with van der Waals surface area (Å²) in [6.07, 6.45) is 0.683. The van der Waals surface area contributed by atoms with Gasteiger partial charge in [0.15, 0.2) is 6.29 Å². The maximum atomic E-state index is 10.6. The van der Waals surface area contributed by atoms with Crippen molar-refractivity contribution in [3.63, 3.8) is 0 Å². The first kappa shape index (κ1) is 9.30. The number of carbonyl (C=O) groups excluding carboxylic acids is 1. The molecule has 0 saturated carbocycles. The van der Waals surface area contributed by atoms with Crippen LogP contribution < -0.4 is 0 Å². The van der Waals surface area contributed by atoms with Crippen molar-refractivity contribution in [2.24, 2.45) is 0 Å². The zero-order chi connectivity index (χ0) is 9.97. The van der Waals surface area contributed by atoms with Gasteiger partial charge in [0.1, 0.15) is 5.69 Å². The number of benzene rings is 1. The first-order valence-electron chi connectivity index (χ1n) is 3.85. The van der Waals surface area contributed by atoms with Crippen LogP contribution >= 0.6 is 23.1 Å². The molecule has 1 aromatic carbocycles. The molecule has 3 nitrogen and oxygen atoms in total. The standard InChI is InChI=1S/C9H5ClN2OS/c10-7-4-2-1-3-6(7)9-8(5-13)11-12-14-9/h1-5H. The van der Waals surface area contributed by atoms with Gasteiger partial charge in [-0.25, -0.2) is 0 Å². The minimum Gasteiger partial charge on any atom is -0.296 e. The number of carbonyl (C=O) groups is 1. The summed E-state index contributed by atoms with van der Waals surface area (Å²) < 4.78 is 3.71. The largest absolute Gasteiger partial charge is 0.296 e. The van der Waals surface area contributed by atoms with Crippen LogP contribution in [-0.2, 0) is 0 Å². The molecule has 0 N–H and O–H groups in total.